The number of hydrogen-bond donors (Lipinski definition) is 2. The number of pyridine rings is 1. The first-order chi connectivity index (χ1) is 13.5. The molecule has 0 aliphatic heterocycles. The summed E-state index contributed by atoms with van der Waals surface area (Å²) < 4.78 is 42.9. The monoisotopic (exact) mass is 385 g/mol. The molecule has 9 heteroatoms. The quantitative estimate of drug-likeness (QED) is 0.521. The molecule has 5 rings (SSSR count). The van der Waals surface area contributed by atoms with Crippen molar-refractivity contribution < 1.29 is 13.2 Å². The van der Waals surface area contributed by atoms with Crippen molar-refractivity contribution in [2.45, 2.75) is 25.2 Å². The summed E-state index contributed by atoms with van der Waals surface area (Å²) in [5.41, 5.74) is 2.98. The molecule has 142 valence electrons. The molecule has 0 saturated heterocycles. The summed E-state index contributed by atoms with van der Waals surface area (Å²) in [7, 11) is 0. The molecule has 28 heavy (non-hydrogen) atoms. The first-order valence-corrected chi connectivity index (χ1v) is 8.79. The van der Waals surface area contributed by atoms with Gasteiger partial charge in [-0.1, -0.05) is 0 Å². The van der Waals surface area contributed by atoms with E-state index < -0.39 is 23.1 Å². The van der Waals surface area contributed by atoms with E-state index in [1.165, 1.54) is 0 Å². The van der Waals surface area contributed by atoms with Crippen molar-refractivity contribution in [2.75, 3.05) is 0 Å². The molecule has 1 unspecified atom stereocenters. The normalized spacial score (nSPS) is 16.5. The lowest BCUT2D eigenvalue weighted by Gasteiger charge is -2.22. The topological polar surface area (TPSA) is 78.8 Å². The van der Waals surface area contributed by atoms with Crippen molar-refractivity contribution in [1.82, 2.24) is 24.6 Å². The number of aromatic nitrogens is 5. The average molecular weight is 385 g/mol. The van der Waals surface area contributed by atoms with Gasteiger partial charge in [0.15, 0.2) is 17.5 Å². The minimum absolute atomic E-state index is 0.177. The Morgan fingerprint density at radius 3 is 2.71 bits per heavy atom. The van der Waals surface area contributed by atoms with Crippen LogP contribution in [0.1, 0.15) is 29.3 Å². The molecule has 4 aromatic rings. The number of H-pyrrole nitrogens is 2. The zero-order valence-corrected chi connectivity index (χ0v) is 14.5. The third-order valence-electron chi connectivity index (χ3n) is 5.23. The third kappa shape index (κ3) is 2.62. The Kier molecular flexibility index (Phi) is 3.65. The smallest absolute Gasteiger partial charge is 0.304 e. The Morgan fingerprint density at radius 1 is 1.11 bits per heavy atom. The maximum absolute atomic E-state index is 14.2. The predicted molar refractivity (Wildman–Crippen MR) is 94.5 cm³/mol. The van der Waals surface area contributed by atoms with E-state index in [-0.39, 0.29) is 11.5 Å². The third-order valence-corrected chi connectivity index (χ3v) is 5.23. The summed E-state index contributed by atoms with van der Waals surface area (Å²) in [5.74, 6) is -2.82. The van der Waals surface area contributed by atoms with Crippen molar-refractivity contribution in [3.05, 3.63) is 75.3 Å². The van der Waals surface area contributed by atoms with Gasteiger partial charge in [-0.15, -0.1) is 0 Å². The Labute approximate surface area is 156 Å². The predicted octanol–water partition coefficient (Wildman–Crippen LogP) is 3.10. The van der Waals surface area contributed by atoms with E-state index in [9.17, 15) is 18.0 Å². The molecule has 1 aliphatic rings. The van der Waals surface area contributed by atoms with Crippen LogP contribution in [0.2, 0.25) is 0 Å². The summed E-state index contributed by atoms with van der Waals surface area (Å²) >= 11 is 0. The van der Waals surface area contributed by atoms with Crippen molar-refractivity contribution in [2.24, 2.45) is 0 Å². The van der Waals surface area contributed by atoms with Gasteiger partial charge >= 0.3 is 5.69 Å². The minimum atomic E-state index is -1.19. The first kappa shape index (κ1) is 16.8. The van der Waals surface area contributed by atoms with E-state index in [1.807, 2.05) is 16.7 Å². The van der Waals surface area contributed by atoms with Crippen LogP contribution >= 0.6 is 0 Å². The van der Waals surface area contributed by atoms with Gasteiger partial charge in [-0.05, 0) is 48.9 Å². The van der Waals surface area contributed by atoms with Gasteiger partial charge in [0.25, 0.3) is 0 Å². The van der Waals surface area contributed by atoms with Crippen molar-refractivity contribution in [3.63, 3.8) is 0 Å². The molecule has 1 atom stereocenters. The van der Waals surface area contributed by atoms with E-state index in [1.54, 1.807) is 6.07 Å². The zero-order chi connectivity index (χ0) is 19.4. The van der Waals surface area contributed by atoms with Crippen LogP contribution in [-0.4, -0.2) is 24.6 Å². The number of hydrogen-bond acceptors (Lipinski definition) is 3. The molecular weight excluding hydrogens is 371 g/mol. The van der Waals surface area contributed by atoms with Gasteiger partial charge in [0.2, 0.25) is 0 Å². The van der Waals surface area contributed by atoms with Crippen molar-refractivity contribution in [1.29, 1.82) is 0 Å². The van der Waals surface area contributed by atoms with E-state index in [0.717, 1.165) is 17.5 Å². The average Bonchev–Trinajstić information content (AvgIpc) is 3.26. The lowest BCUT2D eigenvalue weighted by atomic mass is 9.84. The summed E-state index contributed by atoms with van der Waals surface area (Å²) in [6.07, 6.45) is 3.53. The number of aromatic amines is 2. The molecule has 0 spiro atoms. The van der Waals surface area contributed by atoms with E-state index in [2.05, 4.69) is 20.2 Å². The van der Waals surface area contributed by atoms with E-state index >= 15 is 0 Å². The fourth-order valence-corrected chi connectivity index (χ4v) is 3.89. The maximum Gasteiger partial charge on any atom is 0.340 e. The molecule has 0 bridgehead atoms. The van der Waals surface area contributed by atoms with E-state index in [4.69, 9.17) is 0 Å². The van der Waals surface area contributed by atoms with Gasteiger partial charge in [0.1, 0.15) is 11.5 Å². The molecule has 1 aliphatic carbocycles. The molecule has 3 aromatic heterocycles. The highest BCUT2D eigenvalue weighted by atomic mass is 19.2. The Balaban J connectivity index is 1.52. The number of nitrogens with one attached hydrogen (secondary N) is 2. The molecule has 3 heterocycles. The number of halogens is 3. The summed E-state index contributed by atoms with van der Waals surface area (Å²) in [6.45, 7) is 0. The second kappa shape index (κ2) is 6.08. The number of benzene rings is 1. The Morgan fingerprint density at radius 2 is 1.93 bits per heavy atom. The Hall–Kier alpha value is -3.36. The molecule has 0 amide bonds. The van der Waals surface area contributed by atoms with Gasteiger partial charge in [0.05, 0.1) is 5.69 Å². The molecule has 0 fully saturated rings. The fraction of sp³-hybridized carbons (Fsp3) is 0.211. The minimum Gasteiger partial charge on any atom is -0.304 e. The van der Waals surface area contributed by atoms with Crippen molar-refractivity contribution in [3.8, 4) is 11.4 Å². The molecule has 1 aromatic carbocycles. The van der Waals surface area contributed by atoms with Gasteiger partial charge < -0.3 is 4.40 Å². The number of aryl methyl sites for hydroxylation is 1. The van der Waals surface area contributed by atoms with Gasteiger partial charge in [-0.2, -0.15) is 5.10 Å². The van der Waals surface area contributed by atoms with Gasteiger partial charge in [-0.3, -0.25) is 4.98 Å². The highest BCUT2D eigenvalue weighted by Crippen LogP contribution is 2.35. The van der Waals surface area contributed by atoms with E-state index in [0.29, 0.717) is 42.4 Å². The zero-order valence-electron chi connectivity index (χ0n) is 14.5. The second-order valence-electron chi connectivity index (χ2n) is 6.90. The molecule has 6 nitrogen and oxygen atoms in total. The summed E-state index contributed by atoms with van der Waals surface area (Å²) in [6, 6.07) is 5.17. The van der Waals surface area contributed by atoms with Crippen LogP contribution in [0.3, 0.4) is 0 Å². The van der Waals surface area contributed by atoms with Crippen LogP contribution in [0, 0.1) is 17.5 Å². The lowest BCUT2D eigenvalue weighted by Crippen LogP contribution is -2.15. The fourth-order valence-electron chi connectivity index (χ4n) is 3.89. The molecular formula is C19H14F3N5O. The van der Waals surface area contributed by atoms with Crippen LogP contribution in [0.5, 0.6) is 0 Å². The number of nitrogens with zero attached hydrogens (tertiary/aromatic N) is 3. The number of imidazole rings is 1. The number of rotatable bonds is 2. The van der Waals surface area contributed by atoms with Crippen LogP contribution < -0.4 is 5.69 Å². The van der Waals surface area contributed by atoms with Crippen LogP contribution in [0.25, 0.3) is 17.0 Å². The van der Waals surface area contributed by atoms with Crippen molar-refractivity contribution >= 4 is 5.65 Å². The lowest BCUT2D eigenvalue weighted by molar-refractivity contribution is 0.473. The van der Waals surface area contributed by atoms with Crippen LogP contribution in [0.15, 0.2) is 35.3 Å². The van der Waals surface area contributed by atoms with Gasteiger partial charge in [-0.25, -0.2) is 28.0 Å². The SMILES string of the molecule is O=c1[nH]nc(-c2ccn3c4c(nc3c2)CC(c2cc(F)c(F)cc2F)CC4)[nH]1. The second-order valence-corrected chi connectivity index (χ2v) is 6.90. The standard InChI is InChI=1S/C19H14F3N5O/c20-12-8-14(22)13(21)7-11(12)9-1-2-16-15(5-9)23-17-6-10(3-4-27(16)17)18-24-19(28)26-25-18/h3-4,6-9H,1-2,5H2,(H2,24,25,26,28). The maximum atomic E-state index is 14.2. The molecule has 0 saturated carbocycles. The van der Waals surface area contributed by atoms with Crippen LogP contribution in [-0.2, 0) is 12.8 Å². The van der Waals surface area contributed by atoms with Gasteiger partial charge in [0, 0.05) is 23.5 Å². The molecule has 0 radical (unpaired) electrons. The highest BCUT2D eigenvalue weighted by molar-refractivity contribution is 5.61. The first-order valence-electron chi connectivity index (χ1n) is 8.79. The Bertz CT molecular complexity index is 1270. The van der Waals surface area contributed by atoms with Crippen LogP contribution in [0.4, 0.5) is 13.2 Å². The molecule has 2 N–H and O–H groups in total. The summed E-state index contributed by atoms with van der Waals surface area (Å²) in [5, 5.41) is 6.23. The largest absolute Gasteiger partial charge is 0.340 e. The number of fused-ring (bicyclic) bond motifs is 3. The summed E-state index contributed by atoms with van der Waals surface area (Å²) in [4.78, 5) is 18.5. The highest BCUT2D eigenvalue weighted by Gasteiger charge is 2.27.